The second-order valence-electron chi connectivity index (χ2n) is 6.31. The summed E-state index contributed by atoms with van der Waals surface area (Å²) in [7, 11) is 1.84. The van der Waals surface area contributed by atoms with Gasteiger partial charge >= 0.3 is 0 Å². The van der Waals surface area contributed by atoms with Crippen LogP contribution in [0.2, 0.25) is 0 Å². The molecule has 0 bridgehead atoms. The van der Waals surface area contributed by atoms with Crippen LogP contribution in [0.25, 0.3) is 32.2 Å². The first kappa shape index (κ1) is 17.5. The Morgan fingerprint density at radius 1 is 1.07 bits per heavy atom. The maximum Gasteiger partial charge on any atom is 0.182 e. The molecule has 0 atom stereocenters. The fourth-order valence-electron chi connectivity index (χ4n) is 3.16. The molecule has 2 N–H and O–H groups in total. The molecule has 0 aliphatic carbocycles. The molecule has 3 heterocycles. The van der Waals surface area contributed by atoms with E-state index in [0.717, 1.165) is 27.0 Å². The molecule has 5 rings (SSSR count). The Balaban J connectivity index is 1.63. The van der Waals surface area contributed by atoms with Gasteiger partial charge in [-0.3, -0.25) is 4.68 Å². The summed E-state index contributed by atoms with van der Waals surface area (Å²) in [5.74, 6) is 0.787. The fraction of sp³-hybridized carbons (Fsp3) is 0.0526. The lowest BCUT2D eigenvalue weighted by atomic mass is 10.1. The first-order chi connectivity index (χ1) is 14.2. The summed E-state index contributed by atoms with van der Waals surface area (Å²) in [5.41, 5.74) is 5.89. The SMILES string of the molecule is Cn1cc(-c2cc(OOO)c3c(Nc4ccc5ncsc5c4)ncnc3c2)cn1. The van der Waals surface area contributed by atoms with Crippen LogP contribution in [0.4, 0.5) is 11.5 Å². The lowest BCUT2D eigenvalue weighted by Gasteiger charge is -2.12. The van der Waals surface area contributed by atoms with Crippen molar-refractivity contribution in [3.05, 3.63) is 54.6 Å². The zero-order valence-corrected chi connectivity index (χ0v) is 15.9. The number of hydrogen-bond donors (Lipinski definition) is 2. The predicted octanol–water partition coefficient (Wildman–Crippen LogP) is 4.17. The maximum absolute atomic E-state index is 8.91. The molecule has 0 aliphatic heterocycles. The molecular weight excluding hydrogens is 392 g/mol. The lowest BCUT2D eigenvalue weighted by Crippen LogP contribution is -2.00. The van der Waals surface area contributed by atoms with E-state index in [0.29, 0.717) is 16.7 Å². The van der Waals surface area contributed by atoms with Crippen molar-refractivity contribution in [1.29, 1.82) is 0 Å². The van der Waals surface area contributed by atoms with Crippen molar-refractivity contribution in [2.24, 2.45) is 7.05 Å². The summed E-state index contributed by atoms with van der Waals surface area (Å²) in [4.78, 5) is 18.0. The van der Waals surface area contributed by atoms with Crippen LogP contribution in [0.3, 0.4) is 0 Å². The smallest absolute Gasteiger partial charge is 0.182 e. The first-order valence-electron chi connectivity index (χ1n) is 8.57. The molecule has 0 fully saturated rings. The van der Waals surface area contributed by atoms with Gasteiger partial charge in [-0.05, 0) is 40.9 Å². The van der Waals surface area contributed by atoms with Crippen LogP contribution in [0.5, 0.6) is 5.75 Å². The molecule has 0 aliphatic rings. The van der Waals surface area contributed by atoms with E-state index in [2.05, 4.69) is 30.4 Å². The van der Waals surface area contributed by atoms with Gasteiger partial charge in [0.05, 0.1) is 32.8 Å². The quantitative estimate of drug-likeness (QED) is 0.331. The van der Waals surface area contributed by atoms with E-state index in [9.17, 15) is 0 Å². The number of thiazole rings is 1. The van der Waals surface area contributed by atoms with Crippen molar-refractivity contribution in [1.82, 2.24) is 24.7 Å². The van der Waals surface area contributed by atoms with Gasteiger partial charge in [-0.15, -0.1) is 11.3 Å². The molecule has 0 saturated heterocycles. The Kier molecular flexibility index (Phi) is 4.28. The Labute approximate surface area is 168 Å². The number of anilines is 2. The second kappa shape index (κ2) is 7.09. The van der Waals surface area contributed by atoms with Crippen molar-refractivity contribution >= 4 is 44.0 Å². The van der Waals surface area contributed by atoms with Crippen LogP contribution in [0.15, 0.2) is 54.6 Å². The third kappa shape index (κ3) is 3.25. The van der Waals surface area contributed by atoms with Crippen molar-refractivity contribution in [2.45, 2.75) is 0 Å². The highest BCUT2D eigenvalue weighted by Crippen LogP contribution is 2.36. The van der Waals surface area contributed by atoms with Crippen LogP contribution >= 0.6 is 11.3 Å². The van der Waals surface area contributed by atoms with Gasteiger partial charge in [0.2, 0.25) is 0 Å². The molecule has 5 aromatic rings. The predicted molar refractivity (Wildman–Crippen MR) is 109 cm³/mol. The third-order valence-electron chi connectivity index (χ3n) is 4.46. The van der Waals surface area contributed by atoms with E-state index in [1.807, 2.05) is 37.5 Å². The minimum absolute atomic E-state index is 0.269. The average molecular weight is 406 g/mol. The Bertz CT molecular complexity index is 1330. The molecule has 29 heavy (non-hydrogen) atoms. The zero-order valence-electron chi connectivity index (χ0n) is 15.1. The standard InChI is InChI=1S/C19H14N6O3S/c1-25-8-12(7-23-25)11-4-15-18(16(5-11)27-28-26)19(21-9-20-15)24-13-2-3-14-17(6-13)29-10-22-14/h2-10,26H,1H3,(H,20,21,24). The van der Waals surface area contributed by atoms with Crippen LogP contribution in [0.1, 0.15) is 0 Å². The fourth-order valence-corrected chi connectivity index (χ4v) is 3.88. The van der Waals surface area contributed by atoms with Crippen molar-refractivity contribution in [3.63, 3.8) is 0 Å². The molecule has 0 saturated carbocycles. The van der Waals surface area contributed by atoms with Gasteiger partial charge in [-0.1, -0.05) is 0 Å². The van der Waals surface area contributed by atoms with E-state index in [1.165, 1.54) is 6.33 Å². The normalized spacial score (nSPS) is 11.2. The molecule has 9 nitrogen and oxygen atoms in total. The minimum atomic E-state index is 0.269. The minimum Gasteiger partial charge on any atom is -0.339 e. The maximum atomic E-state index is 8.91. The van der Waals surface area contributed by atoms with Gasteiger partial charge in [-0.25, -0.2) is 20.2 Å². The van der Waals surface area contributed by atoms with Crippen LogP contribution < -0.4 is 10.2 Å². The number of fused-ring (bicyclic) bond motifs is 2. The first-order valence-corrected chi connectivity index (χ1v) is 9.45. The largest absolute Gasteiger partial charge is 0.339 e. The Morgan fingerprint density at radius 2 is 2.00 bits per heavy atom. The molecule has 3 aromatic heterocycles. The highest BCUT2D eigenvalue weighted by molar-refractivity contribution is 7.16. The van der Waals surface area contributed by atoms with Gasteiger partial charge in [0.15, 0.2) is 5.75 Å². The van der Waals surface area contributed by atoms with Crippen LogP contribution in [0, 0.1) is 0 Å². The molecule has 144 valence electrons. The molecule has 0 amide bonds. The summed E-state index contributed by atoms with van der Waals surface area (Å²) < 4.78 is 2.76. The number of aromatic nitrogens is 5. The van der Waals surface area contributed by atoms with Gasteiger partial charge in [0.25, 0.3) is 0 Å². The number of hydrogen-bond acceptors (Lipinski definition) is 9. The average Bonchev–Trinajstić information content (AvgIpc) is 3.36. The molecular formula is C19H14N6O3S. The number of nitrogens with one attached hydrogen (secondary N) is 1. The Morgan fingerprint density at radius 3 is 2.83 bits per heavy atom. The van der Waals surface area contributed by atoms with Crippen LogP contribution in [-0.4, -0.2) is 30.0 Å². The van der Waals surface area contributed by atoms with Gasteiger partial charge in [0, 0.05) is 24.5 Å². The molecule has 10 heteroatoms. The summed E-state index contributed by atoms with van der Waals surface area (Å²) in [6.07, 6.45) is 5.07. The monoisotopic (exact) mass is 406 g/mol. The summed E-state index contributed by atoms with van der Waals surface area (Å²) in [6.45, 7) is 0. The van der Waals surface area contributed by atoms with Gasteiger partial charge in [-0.2, -0.15) is 5.10 Å². The van der Waals surface area contributed by atoms with E-state index in [-0.39, 0.29) is 5.75 Å². The Hall–Kier alpha value is -3.60. The van der Waals surface area contributed by atoms with E-state index in [1.54, 1.807) is 33.8 Å². The second-order valence-corrected chi connectivity index (χ2v) is 7.20. The molecule has 2 aromatic carbocycles. The summed E-state index contributed by atoms with van der Waals surface area (Å²) in [6, 6.07) is 9.48. The zero-order chi connectivity index (χ0) is 19.8. The third-order valence-corrected chi connectivity index (χ3v) is 5.25. The van der Waals surface area contributed by atoms with Gasteiger partial charge in [0.1, 0.15) is 12.1 Å². The topological polar surface area (TPSA) is 107 Å². The number of rotatable bonds is 5. The number of aryl methyl sites for hydroxylation is 1. The summed E-state index contributed by atoms with van der Waals surface area (Å²) in [5, 5.41) is 20.9. The van der Waals surface area contributed by atoms with E-state index < -0.39 is 0 Å². The van der Waals surface area contributed by atoms with E-state index in [4.69, 9.17) is 10.1 Å². The molecule has 0 radical (unpaired) electrons. The highest BCUT2D eigenvalue weighted by Gasteiger charge is 2.15. The number of benzene rings is 2. The summed E-state index contributed by atoms with van der Waals surface area (Å²) >= 11 is 1.56. The van der Waals surface area contributed by atoms with Crippen molar-refractivity contribution in [2.75, 3.05) is 5.32 Å². The van der Waals surface area contributed by atoms with E-state index >= 15 is 0 Å². The molecule has 0 unspecified atom stereocenters. The lowest BCUT2D eigenvalue weighted by molar-refractivity contribution is -0.438. The molecule has 0 spiro atoms. The number of nitrogens with zero attached hydrogens (tertiary/aromatic N) is 5. The van der Waals surface area contributed by atoms with Crippen LogP contribution in [-0.2, 0) is 12.1 Å². The van der Waals surface area contributed by atoms with Gasteiger partial charge < -0.3 is 10.2 Å². The van der Waals surface area contributed by atoms with Crippen molar-refractivity contribution in [3.8, 4) is 16.9 Å². The highest BCUT2D eigenvalue weighted by atomic mass is 32.1. The van der Waals surface area contributed by atoms with Crippen molar-refractivity contribution < 1.29 is 15.2 Å².